The summed E-state index contributed by atoms with van der Waals surface area (Å²) in [4.78, 5) is 10.5. The molecule has 92 valence electrons. The second-order valence-electron chi connectivity index (χ2n) is 4.02. The van der Waals surface area contributed by atoms with Crippen molar-refractivity contribution >= 4 is 21.6 Å². The molecule has 0 saturated carbocycles. The third-order valence-corrected chi connectivity index (χ3v) is 3.34. The Morgan fingerprint density at radius 2 is 1.78 bits per heavy atom. The number of alkyl halides is 1. The number of nitro groups is 1. The maximum Gasteiger partial charge on any atom is 0.273 e. The van der Waals surface area contributed by atoms with E-state index in [0.29, 0.717) is 10.9 Å². The fraction of sp³-hybridized carbons (Fsp3) is 0.143. The average molecular weight is 306 g/mol. The Balaban J connectivity index is 2.28. The third-order valence-electron chi connectivity index (χ3n) is 2.74. The van der Waals surface area contributed by atoms with Crippen molar-refractivity contribution in [1.29, 1.82) is 0 Å². The summed E-state index contributed by atoms with van der Waals surface area (Å²) < 4.78 is 0. The molecule has 2 aromatic rings. The van der Waals surface area contributed by atoms with Crippen LogP contribution < -0.4 is 0 Å². The van der Waals surface area contributed by atoms with E-state index in [1.165, 1.54) is 5.56 Å². The van der Waals surface area contributed by atoms with E-state index >= 15 is 0 Å². The summed E-state index contributed by atoms with van der Waals surface area (Å²) >= 11 is 3.29. The summed E-state index contributed by atoms with van der Waals surface area (Å²) in [6.45, 7) is 0. The van der Waals surface area contributed by atoms with Gasteiger partial charge in [0.15, 0.2) is 0 Å². The zero-order chi connectivity index (χ0) is 13.0. The fourth-order valence-electron chi connectivity index (χ4n) is 1.87. The maximum absolute atomic E-state index is 10.8. The molecule has 0 unspecified atom stereocenters. The highest BCUT2D eigenvalue weighted by Gasteiger charge is 2.12. The molecule has 0 N–H and O–H groups in total. The molecule has 0 aromatic heterocycles. The molecule has 0 radical (unpaired) electrons. The molecule has 4 heteroatoms. The lowest BCUT2D eigenvalue weighted by molar-refractivity contribution is -0.385. The molecule has 0 bridgehead atoms. The van der Waals surface area contributed by atoms with Crippen LogP contribution in [-0.4, -0.2) is 4.92 Å². The Bertz CT molecular complexity index is 555. The summed E-state index contributed by atoms with van der Waals surface area (Å²) in [5.41, 5.74) is 3.17. The molecule has 18 heavy (non-hydrogen) atoms. The van der Waals surface area contributed by atoms with Gasteiger partial charge in [-0.2, -0.15) is 0 Å². The van der Waals surface area contributed by atoms with Crippen molar-refractivity contribution in [2.24, 2.45) is 0 Å². The SMILES string of the molecule is O=[N+]([O-])c1ccc(Cc2ccccc2)cc1CBr. The number of rotatable bonds is 4. The van der Waals surface area contributed by atoms with Crippen LogP contribution in [0, 0.1) is 10.1 Å². The Morgan fingerprint density at radius 1 is 1.06 bits per heavy atom. The first-order valence-corrected chi connectivity index (χ1v) is 6.69. The maximum atomic E-state index is 10.8. The van der Waals surface area contributed by atoms with Crippen molar-refractivity contribution in [3.05, 3.63) is 75.3 Å². The van der Waals surface area contributed by atoms with Crippen LogP contribution in [0.25, 0.3) is 0 Å². The van der Waals surface area contributed by atoms with Gasteiger partial charge in [-0.3, -0.25) is 10.1 Å². The van der Waals surface area contributed by atoms with Crippen molar-refractivity contribution in [2.45, 2.75) is 11.8 Å². The topological polar surface area (TPSA) is 43.1 Å². The summed E-state index contributed by atoms with van der Waals surface area (Å²) in [6, 6.07) is 15.3. The molecule has 0 spiro atoms. The molecule has 0 atom stereocenters. The lowest BCUT2D eigenvalue weighted by Crippen LogP contribution is -1.96. The fourth-order valence-corrected chi connectivity index (χ4v) is 2.31. The van der Waals surface area contributed by atoms with Gasteiger partial charge in [0.05, 0.1) is 4.92 Å². The van der Waals surface area contributed by atoms with Gasteiger partial charge in [-0.15, -0.1) is 0 Å². The van der Waals surface area contributed by atoms with Crippen LogP contribution in [0.15, 0.2) is 48.5 Å². The van der Waals surface area contributed by atoms with E-state index in [4.69, 9.17) is 0 Å². The summed E-state index contributed by atoms with van der Waals surface area (Å²) in [6.07, 6.45) is 0.791. The van der Waals surface area contributed by atoms with Gasteiger partial charge < -0.3 is 0 Å². The summed E-state index contributed by atoms with van der Waals surface area (Å²) in [5, 5.41) is 11.3. The second-order valence-corrected chi connectivity index (χ2v) is 4.58. The molecule has 0 aliphatic rings. The average Bonchev–Trinajstić information content (AvgIpc) is 2.39. The van der Waals surface area contributed by atoms with Crippen LogP contribution in [0.5, 0.6) is 0 Å². The first-order valence-electron chi connectivity index (χ1n) is 5.57. The number of nitrogens with zero attached hydrogens (tertiary/aromatic N) is 1. The lowest BCUT2D eigenvalue weighted by atomic mass is 10.0. The van der Waals surface area contributed by atoms with E-state index in [1.54, 1.807) is 6.07 Å². The first-order chi connectivity index (χ1) is 8.70. The Kier molecular flexibility index (Phi) is 4.10. The molecule has 0 heterocycles. The number of benzene rings is 2. The van der Waals surface area contributed by atoms with Crippen molar-refractivity contribution < 1.29 is 4.92 Å². The number of hydrogen-bond donors (Lipinski definition) is 0. The van der Waals surface area contributed by atoms with Crippen molar-refractivity contribution in [3.63, 3.8) is 0 Å². The zero-order valence-electron chi connectivity index (χ0n) is 9.67. The van der Waals surface area contributed by atoms with Gasteiger partial charge >= 0.3 is 0 Å². The molecule has 0 amide bonds. The zero-order valence-corrected chi connectivity index (χ0v) is 11.3. The van der Waals surface area contributed by atoms with Crippen LogP contribution in [-0.2, 0) is 11.8 Å². The largest absolute Gasteiger partial charge is 0.273 e. The standard InChI is InChI=1S/C14H12BrNO2/c15-10-13-9-12(6-7-14(13)16(17)18)8-11-4-2-1-3-5-11/h1-7,9H,8,10H2. The van der Waals surface area contributed by atoms with Crippen LogP contribution >= 0.6 is 15.9 Å². The van der Waals surface area contributed by atoms with E-state index in [2.05, 4.69) is 28.1 Å². The molecule has 0 saturated heterocycles. The highest BCUT2D eigenvalue weighted by atomic mass is 79.9. The second kappa shape index (κ2) is 5.78. The molecular weight excluding hydrogens is 294 g/mol. The van der Waals surface area contributed by atoms with Gasteiger partial charge in [-0.05, 0) is 23.6 Å². The van der Waals surface area contributed by atoms with Crippen LogP contribution in [0.2, 0.25) is 0 Å². The van der Waals surface area contributed by atoms with E-state index in [1.807, 2.05) is 30.3 Å². The minimum Gasteiger partial charge on any atom is -0.258 e. The molecule has 0 aliphatic heterocycles. The molecule has 3 nitrogen and oxygen atoms in total. The predicted octanol–water partition coefficient (Wildman–Crippen LogP) is 4.08. The normalized spacial score (nSPS) is 10.3. The predicted molar refractivity (Wildman–Crippen MR) is 75.0 cm³/mol. The number of halogens is 1. The van der Waals surface area contributed by atoms with Gasteiger partial charge in [0.2, 0.25) is 0 Å². The first kappa shape index (κ1) is 12.8. The minimum atomic E-state index is -0.344. The summed E-state index contributed by atoms with van der Waals surface area (Å²) in [5.74, 6) is 0. The van der Waals surface area contributed by atoms with Gasteiger partial charge in [0.1, 0.15) is 0 Å². The molecule has 0 fully saturated rings. The van der Waals surface area contributed by atoms with Crippen molar-refractivity contribution in [1.82, 2.24) is 0 Å². The van der Waals surface area contributed by atoms with Gasteiger partial charge in [0, 0.05) is 17.0 Å². The Morgan fingerprint density at radius 3 is 2.39 bits per heavy atom. The Hall–Kier alpha value is -1.68. The van der Waals surface area contributed by atoms with Crippen LogP contribution in [0.4, 0.5) is 5.69 Å². The third kappa shape index (κ3) is 2.96. The Labute approximate surface area is 114 Å². The number of nitro benzene ring substituents is 1. The molecule has 2 aromatic carbocycles. The van der Waals surface area contributed by atoms with Gasteiger partial charge in [0.25, 0.3) is 5.69 Å². The highest BCUT2D eigenvalue weighted by Crippen LogP contribution is 2.23. The highest BCUT2D eigenvalue weighted by molar-refractivity contribution is 9.08. The number of hydrogen-bond acceptors (Lipinski definition) is 2. The van der Waals surface area contributed by atoms with Gasteiger partial charge in [-0.25, -0.2) is 0 Å². The molecule has 0 aliphatic carbocycles. The molecular formula is C14H12BrNO2. The van der Waals surface area contributed by atoms with Crippen molar-refractivity contribution in [3.8, 4) is 0 Å². The molecule has 2 rings (SSSR count). The van der Waals surface area contributed by atoms with E-state index in [-0.39, 0.29) is 10.6 Å². The minimum absolute atomic E-state index is 0.170. The smallest absolute Gasteiger partial charge is 0.258 e. The van der Waals surface area contributed by atoms with E-state index < -0.39 is 0 Å². The summed E-state index contributed by atoms with van der Waals surface area (Å²) in [7, 11) is 0. The quantitative estimate of drug-likeness (QED) is 0.485. The van der Waals surface area contributed by atoms with Crippen molar-refractivity contribution in [2.75, 3.05) is 0 Å². The monoisotopic (exact) mass is 305 g/mol. The van der Waals surface area contributed by atoms with E-state index in [9.17, 15) is 10.1 Å². The van der Waals surface area contributed by atoms with Crippen LogP contribution in [0.1, 0.15) is 16.7 Å². The van der Waals surface area contributed by atoms with Crippen LogP contribution in [0.3, 0.4) is 0 Å². The lowest BCUT2D eigenvalue weighted by Gasteiger charge is -2.05. The van der Waals surface area contributed by atoms with E-state index in [0.717, 1.165) is 12.0 Å². The van der Waals surface area contributed by atoms with Gasteiger partial charge in [-0.1, -0.05) is 52.3 Å².